The second-order valence-electron chi connectivity index (χ2n) is 9.23. The Morgan fingerprint density at radius 2 is 1.94 bits per heavy atom. The molecule has 0 bridgehead atoms. The molecule has 0 saturated carbocycles. The van der Waals surface area contributed by atoms with Crippen molar-refractivity contribution in [3.8, 4) is 0 Å². The maximum absolute atomic E-state index is 13.4. The van der Waals surface area contributed by atoms with Gasteiger partial charge in [-0.1, -0.05) is 12.1 Å². The van der Waals surface area contributed by atoms with Crippen LogP contribution in [0.25, 0.3) is 5.52 Å². The van der Waals surface area contributed by atoms with E-state index < -0.39 is 0 Å². The number of rotatable bonds is 6. The number of aryl methyl sites for hydroxylation is 1. The van der Waals surface area contributed by atoms with Gasteiger partial charge in [0, 0.05) is 55.7 Å². The fourth-order valence-electron chi connectivity index (χ4n) is 4.90. The van der Waals surface area contributed by atoms with Crippen LogP contribution in [0.4, 0.5) is 5.69 Å². The molecule has 0 radical (unpaired) electrons. The smallest absolute Gasteiger partial charge is 0.253 e. The van der Waals surface area contributed by atoms with Crippen LogP contribution in [0.2, 0.25) is 0 Å². The third-order valence-corrected chi connectivity index (χ3v) is 6.88. The quantitative estimate of drug-likeness (QED) is 0.439. The topological polar surface area (TPSA) is 62.5 Å². The molecule has 4 heterocycles. The summed E-state index contributed by atoms with van der Waals surface area (Å²) in [5, 5.41) is 7.84. The second-order valence-corrected chi connectivity index (χ2v) is 9.23. The molecule has 3 aromatic heterocycles. The second kappa shape index (κ2) is 10.1. The molecular weight excluding hydrogens is 422 g/mol. The first-order chi connectivity index (χ1) is 16.7. The number of hydrogen-bond donors (Lipinski definition) is 1. The van der Waals surface area contributed by atoms with E-state index in [0.717, 1.165) is 61.2 Å². The zero-order valence-electron chi connectivity index (χ0n) is 19.7. The molecular formula is C28H31N5O. The molecule has 34 heavy (non-hydrogen) atoms. The summed E-state index contributed by atoms with van der Waals surface area (Å²) in [6, 6.07) is 16.3. The van der Waals surface area contributed by atoms with Gasteiger partial charge in [-0.3, -0.25) is 9.78 Å². The Bertz CT molecular complexity index is 1270. The summed E-state index contributed by atoms with van der Waals surface area (Å²) in [6.45, 7) is 4.40. The molecule has 1 N–H and O–H groups in total. The van der Waals surface area contributed by atoms with Crippen LogP contribution in [0.1, 0.15) is 46.3 Å². The highest BCUT2D eigenvalue weighted by Gasteiger charge is 2.23. The van der Waals surface area contributed by atoms with Gasteiger partial charge in [0.25, 0.3) is 5.91 Å². The first kappa shape index (κ1) is 22.1. The van der Waals surface area contributed by atoms with Crippen LogP contribution in [-0.2, 0) is 13.0 Å². The molecule has 1 aromatic carbocycles. The number of benzene rings is 1. The molecule has 1 amide bonds. The molecule has 5 rings (SSSR count). The van der Waals surface area contributed by atoms with Crippen molar-refractivity contribution in [2.24, 2.45) is 5.92 Å². The number of aromatic nitrogens is 3. The minimum absolute atomic E-state index is 0.130. The zero-order valence-corrected chi connectivity index (χ0v) is 19.7. The van der Waals surface area contributed by atoms with Crippen molar-refractivity contribution in [2.75, 3.05) is 18.4 Å². The molecule has 0 aliphatic carbocycles. The van der Waals surface area contributed by atoms with Crippen LogP contribution in [0.5, 0.6) is 0 Å². The van der Waals surface area contributed by atoms with E-state index in [1.165, 1.54) is 11.1 Å². The number of anilines is 1. The summed E-state index contributed by atoms with van der Waals surface area (Å²) in [6.07, 6.45) is 11.7. The Morgan fingerprint density at radius 3 is 2.82 bits per heavy atom. The van der Waals surface area contributed by atoms with E-state index in [-0.39, 0.29) is 5.91 Å². The molecule has 1 unspecified atom stereocenters. The number of hydrogen-bond acceptors (Lipinski definition) is 4. The molecule has 1 saturated heterocycles. The summed E-state index contributed by atoms with van der Waals surface area (Å²) in [4.78, 5) is 19.5. The van der Waals surface area contributed by atoms with Gasteiger partial charge < -0.3 is 10.2 Å². The third kappa shape index (κ3) is 4.96. The molecule has 1 fully saturated rings. The third-order valence-electron chi connectivity index (χ3n) is 6.88. The summed E-state index contributed by atoms with van der Waals surface area (Å²) in [5.41, 5.74) is 6.58. The van der Waals surface area contributed by atoms with E-state index in [4.69, 9.17) is 0 Å². The normalized spacial score (nSPS) is 16.4. The van der Waals surface area contributed by atoms with Gasteiger partial charge in [-0.2, -0.15) is 5.10 Å². The first-order valence-electron chi connectivity index (χ1n) is 12.1. The molecule has 1 atom stereocenters. The number of likely N-dealkylation sites (tertiary alicyclic amines) is 1. The standard InChI is InChI=1S/C28H31N5O/c1-21-6-7-25(19-26(21)30-20-23-8-12-29-13-9-23)28(34)32-15-2-4-22(11-17-32)18-24-5-3-16-33-27(24)10-14-31-33/h3,5-10,12-14,16,19,22,30H,2,4,11,15,17-18,20H2,1H3. The highest BCUT2D eigenvalue weighted by atomic mass is 16.2. The highest BCUT2D eigenvalue weighted by Crippen LogP contribution is 2.26. The lowest BCUT2D eigenvalue weighted by Crippen LogP contribution is -2.32. The first-order valence-corrected chi connectivity index (χ1v) is 12.1. The summed E-state index contributed by atoms with van der Waals surface area (Å²) in [5.74, 6) is 0.708. The average molecular weight is 454 g/mol. The van der Waals surface area contributed by atoms with Crippen LogP contribution < -0.4 is 5.32 Å². The molecule has 6 heteroatoms. The van der Waals surface area contributed by atoms with Crippen molar-refractivity contribution < 1.29 is 4.79 Å². The fourth-order valence-corrected chi connectivity index (χ4v) is 4.90. The fraction of sp³-hybridized carbons (Fsp3) is 0.321. The van der Waals surface area contributed by atoms with E-state index >= 15 is 0 Å². The van der Waals surface area contributed by atoms with Crippen LogP contribution in [0.15, 0.2) is 73.3 Å². The van der Waals surface area contributed by atoms with E-state index in [1.807, 2.05) is 52.1 Å². The zero-order chi connectivity index (χ0) is 23.3. The van der Waals surface area contributed by atoms with Crippen molar-refractivity contribution in [1.82, 2.24) is 19.5 Å². The number of carbonyl (C=O) groups excluding carboxylic acids is 1. The van der Waals surface area contributed by atoms with Gasteiger partial charge in [0.15, 0.2) is 0 Å². The number of pyridine rings is 2. The predicted molar refractivity (Wildman–Crippen MR) is 135 cm³/mol. The lowest BCUT2D eigenvalue weighted by Gasteiger charge is -2.22. The molecule has 6 nitrogen and oxygen atoms in total. The number of carbonyl (C=O) groups is 1. The predicted octanol–water partition coefficient (Wildman–Crippen LogP) is 5.13. The van der Waals surface area contributed by atoms with Crippen molar-refractivity contribution in [2.45, 2.75) is 39.2 Å². The van der Waals surface area contributed by atoms with Gasteiger partial charge in [-0.05, 0) is 91.6 Å². The lowest BCUT2D eigenvalue weighted by molar-refractivity contribution is 0.0760. The number of amides is 1. The number of fused-ring (bicyclic) bond motifs is 1. The molecule has 1 aliphatic rings. The lowest BCUT2D eigenvalue weighted by atomic mass is 9.92. The van der Waals surface area contributed by atoms with Gasteiger partial charge >= 0.3 is 0 Å². The Balaban J connectivity index is 1.23. The number of nitrogens with one attached hydrogen (secondary N) is 1. The van der Waals surface area contributed by atoms with E-state index in [1.54, 1.807) is 12.4 Å². The summed E-state index contributed by atoms with van der Waals surface area (Å²) in [7, 11) is 0. The van der Waals surface area contributed by atoms with Crippen LogP contribution in [0.3, 0.4) is 0 Å². The van der Waals surface area contributed by atoms with E-state index in [2.05, 4.69) is 40.5 Å². The van der Waals surface area contributed by atoms with Crippen LogP contribution in [-0.4, -0.2) is 38.5 Å². The van der Waals surface area contributed by atoms with E-state index in [0.29, 0.717) is 12.5 Å². The van der Waals surface area contributed by atoms with Gasteiger partial charge in [-0.25, -0.2) is 4.52 Å². The van der Waals surface area contributed by atoms with Crippen molar-refractivity contribution in [3.63, 3.8) is 0 Å². The number of nitrogens with zero attached hydrogens (tertiary/aromatic N) is 4. The Labute approximate surface area is 200 Å². The Morgan fingerprint density at radius 1 is 1.06 bits per heavy atom. The molecule has 4 aromatic rings. The average Bonchev–Trinajstić information content (AvgIpc) is 3.24. The minimum atomic E-state index is 0.130. The largest absolute Gasteiger partial charge is 0.381 e. The van der Waals surface area contributed by atoms with Crippen LogP contribution in [0, 0.1) is 12.8 Å². The van der Waals surface area contributed by atoms with Crippen molar-refractivity contribution in [3.05, 3.63) is 95.6 Å². The Hall–Kier alpha value is -3.67. The summed E-state index contributed by atoms with van der Waals surface area (Å²) < 4.78 is 1.94. The maximum atomic E-state index is 13.4. The van der Waals surface area contributed by atoms with Gasteiger partial charge in [0.05, 0.1) is 5.52 Å². The van der Waals surface area contributed by atoms with Gasteiger partial charge in [0.1, 0.15) is 0 Å². The highest BCUT2D eigenvalue weighted by molar-refractivity contribution is 5.95. The van der Waals surface area contributed by atoms with Crippen molar-refractivity contribution >= 4 is 17.1 Å². The molecule has 1 aliphatic heterocycles. The van der Waals surface area contributed by atoms with Gasteiger partial charge in [0.2, 0.25) is 0 Å². The summed E-state index contributed by atoms with van der Waals surface area (Å²) >= 11 is 0. The molecule has 0 spiro atoms. The molecule has 174 valence electrons. The maximum Gasteiger partial charge on any atom is 0.253 e. The van der Waals surface area contributed by atoms with E-state index in [9.17, 15) is 4.79 Å². The SMILES string of the molecule is Cc1ccc(C(=O)N2CCCC(Cc3cccn4nccc34)CC2)cc1NCc1ccncc1. The Kier molecular flexibility index (Phi) is 6.56. The minimum Gasteiger partial charge on any atom is -0.381 e. The van der Waals surface area contributed by atoms with Crippen LogP contribution >= 0.6 is 0 Å². The monoisotopic (exact) mass is 453 g/mol. The van der Waals surface area contributed by atoms with Gasteiger partial charge in [-0.15, -0.1) is 0 Å². The van der Waals surface area contributed by atoms with Crippen molar-refractivity contribution in [1.29, 1.82) is 0 Å².